The lowest BCUT2D eigenvalue weighted by molar-refractivity contribution is -0.143. The maximum Gasteiger partial charge on any atom is 0.333 e. The summed E-state index contributed by atoms with van der Waals surface area (Å²) in [5, 5.41) is 17.7. The molecule has 1 atom stereocenters. The molecule has 0 saturated carbocycles. The lowest BCUT2D eigenvalue weighted by Gasteiger charge is -2.11. The van der Waals surface area contributed by atoms with E-state index in [0.717, 1.165) is 0 Å². The molecule has 1 unspecified atom stereocenters. The molecule has 2 N–H and O–H groups in total. The van der Waals surface area contributed by atoms with Crippen LogP contribution in [0.15, 0.2) is 12.2 Å². The Bertz CT molecular complexity index is 202. The minimum absolute atomic E-state index is 0.0563. The maximum absolute atomic E-state index is 10.9. The van der Waals surface area contributed by atoms with Gasteiger partial charge in [0.1, 0.15) is 12.7 Å². The summed E-state index contributed by atoms with van der Waals surface area (Å²) in [7, 11) is 0. The van der Waals surface area contributed by atoms with E-state index >= 15 is 0 Å². The predicted octanol–water partition coefficient (Wildman–Crippen LogP) is -0.134. The third-order valence-corrected chi connectivity index (χ3v) is 1.51. The van der Waals surface area contributed by atoms with Crippen LogP contribution < -0.4 is 0 Å². The summed E-state index contributed by atoms with van der Waals surface area (Å²) in [5.41, 5.74) is 0.295. The van der Waals surface area contributed by atoms with Gasteiger partial charge in [-0.05, 0) is 13.3 Å². The topological polar surface area (TPSA) is 76.0 Å². The van der Waals surface area contributed by atoms with Crippen LogP contribution in [0.3, 0.4) is 0 Å². The first-order valence-corrected chi connectivity index (χ1v) is 4.77. The van der Waals surface area contributed by atoms with Gasteiger partial charge in [-0.2, -0.15) is 0 Å². The summed E-state index contributed by atoms with van der Waals surface area (Å²) in [6, 6.07) is 0. The van der Waals surface area contributed by atoms with Crippen molar-refractivity contribution in [1.29, 1.82) is 0 Å². The van der Waals surface area contributed by atoms with Crippen molar-refractivity contribution in [2.75, 3.05) is 26.4 Å². The van der Waals surface area contributed by atoms with Crippen LogP contribution in [0.4, 0.5) is 0 Å². The number of aliphatic hydroxyl groups is 2. The Morgan fingerprint density at radius 1 is 1.47 bits per heavy atom. The van der Waals surface area contributed by atoms with Crippen molar-refractivity contribution >= 4 is 5.97 Å². The van der Waals surface area contributed by atoms with E-state index in [1.165, 1.54) is 6.92 Å². The Kier molecular flexibility index (Phi) is 7.89. The van der Waals surface area contributed by atoms with Crippen LogP contribution in [0.25, 0.3) is 0 Å². The molecule has 0 aromatic carbocycles. The summed E-state index contributed by atoms with van der Waals surface area (Å²) in [6.45, 7) is 5.35. The second-order valence-corrected chi connectivity index (χ2v) is 3.18. The fraction of sp³-hybridized carbons (Fsp3) is 0.700. The third kappa shape index (κ3) is 8.11. The molecule has 0 aromatic rings. The molecule has 0 amide bonds. The molecule has 5 nitrogen and oxygen atoms in total. The molecule has 5 heteroatoms. The zero-order chi connectivity index (χ0) is 11.7. The van der Waals surface area contributed by atoms with Gasteiger partial charge in [0.05, 0.1) is 6.61 Å². The van der Waals surface area contributed by atoms with Crippen LogP contribution >= 0.6 is 0 Å². The standard InChI is InChI=1S/C10H18O5/c1-8(2)10(13)15-7-9(12)6-14-5-3-4-11/h9,11-12H,1,3-7H2,2H3. The van der Waals surface area contributed by atoms with E-state index in [1.807, 2.05) is 0 Å². The van der Waals surface area contributed by atoms with Gasteiger partial charge in [0.15, 0.2) is 0 Å². The van der Waals surface area contributed by atoms with Crippen molar-refractivity contribution in [3.05, 3.63) is 12.2 Å². The highest BCUT2D eigenvalue weighted by molar-refractivity contribution is 5.86. The van der Waals surface area contributed by atoms with Gasteiger partial charge in [-0.15, -0.1) is 0 Å². The number of carbonyl (C=O) groups is 1. The Morgan fingerprint density at radius 2 is 2.13 bits per heavy atom. The highest BCUT2D eigenvalue weighted by Crippen LogP contribution is 1.95. The van der Waals surface area contributed by atoms with Crippen molar-refractivity contribution in [3.8, 4) is 0 Å². The minimum Gasteiger partial charge on any atom is -0.460 e. The lowest BCUT2D eigenvalue weighted by atomic mass is 10.3. The van der Waals surface area contributed by atoms with E-state index < -0.39 is 12.1 Å². The molecule has 0 bridgehead atoms. The molecule has 0 fully saturated rings. The van der Waals surface area contributed by atoms with E-state index in [0.29, 0.717) is 18.6 Å². The van der Waals surface area contributed by atoms with E-state index in [9.17, 15) is 9.90 Å². The molecule has 0 rings (SSSR count). The van der Waals surface area contributed by atoms with Crippen LogP contribution in [-0.2, 0) is 14.3 Å². The summed E-state index contributed by atoms with van der Waals surface area (Å²) in [6.07, 6.45) is -0.315. The van der Waals surface area contributed by atoms with Crippen LogP contribution in [-0.4, -0.2) is 48.7 Å². The average Bonchev–Trinajstić information content (AvgIpc) is 2.20. The molecule has 0 saturated heterocycles. The third-order valence-electron chi connectivity index (χ3n) is 1.51. The fourth-order valence-corrected chi connectivity index (χ4v) is 0.729. The highest BCUT2D eigenvalue weighted by atomic mass is 16.5. The number of hydrogen-bond acceptors (Lipinski definition) is 5. The molecule has 0 aromatic heterocycles. The Hall–Kier alpha value is -0.910. The van der Waals surface area contributed by atoms with Gasteiger partial charge < -0.3 is 19.7 Å². The van der Waals surface area contributed by atoms with Gasteiger partial charge in [-0.3, -0.25) is 0 Å². The quantitative estimate of drug-likeness (QED) is 0.337. The predicted molar refractivity (Wildman–Crippen MR) is 54.3 cm³/mol. The minimum atomic E-state index is -0.841. The number of esters is 1. The molecule has 0 heterocycles. The van der Waals surface area contributed by atoms with Crippen molar-refractivity contribution in [1.82, 2.24) is 0 Å². The smallest absolute Gasteiger partial charge is 0.333 e. The molecule has 88 valence electrons. The van der Waals surface area contributed by atoms with Crippen LogP contribution in [0.1, 0.15) is 13.3 Å². The first kappa shape index (κ1) is 14.1. The van der Waals surface area contributed by atoms with Crippen molar-refractivity contribution < 1.29 is 24.5 Å². The molecule has 0 radical (unpaired) electrons. The first-order chi connectivity index (χ1) is 7.07. The van der Waals surface area contributed by atoms with Gasteiger partial charge in [-0.25, -0.2) is 4.79 Å². The van der Waals surface area contributed by atoms with E-state index in [4.69, 9.17) is 14.6 Å². The van der Waals surface area contributed by atoms with Crippen LogP contribution in [0.2, 0.25) is 0 Å². The maximum atomic E-state index is 10.9. The first-order valence-electron chi connectivity index (χ1n) is 4.77. The van der Waals surface area contributed by atoms with Crippen molar-refractivity contribution in [3.63, 3.8) is 0 Å². The normalized spacial score (nSPS) is 12.2. The van der Waals surface area contributed by atoms with E-state index in [1.54, 1.807) is 0 Å². The molecule has 0 aliphatic heterocycles. The number of aliphatic hydroxyl groups excluding tert-OH is 2. The van der Waals surface area contributed by atoms with Crippen molar-refractivity contribution in [2.24, 2.45) is 0 Å². The molecule has 0 spiro atoms. The number of hydrogen-bond donors (Lipinski definition) is 2. The molecule has 0 aliphatic rings. The van der Waals surface area contributed by atoms with E-state index in [-0.39, 0.29) is 19.8 Å². The van der Waals surface area contributed by atoms with Gasteiger partial charge in [0, 0.05) is 18.8 Å². The largest absolute Gasteiger partial charge is 0.460 e. The second kappa shape index (κ2) is 8.40. The SMILES string of the molecule is C=C(C)C(=O)OCC(O)COCCCO. The average molecular weight is 218 g/mol. The van der Waals surface area contributed by atoms with Gasteiger partial charge in [-0.1, -0.05) is 6.58 Å². The van der Waals surface area contributed by atoms with Crippen molar-refractivity contribution in [2.45, 2.75) is 19.4 Å². The molecule has 15 heavy (non-hydrogen) atoms. The Balaban J connectivity index is 3.44. The van der Waals surface area contributed by atoms with Crippen LogP contribution in [0, 0.1) is 0 Å². The number of rotatable bonds is 8. The van der Waals surface area contributed by atoms with Gasteiger partial charge >= 0.3 is 5.97 Å². The second-order valence-electron chi connectivity index (χ2n) is 3.18. The molecule has 0 aliphatic carbocycles. The fourth-order valence-electron chi connectivity index (χ4n) is 0.729. The van der Waals surface area contributed by atoms with Crippen LogP contribution in [0.5, 0.6) is 0 Å². The number of carbonyl (C=O) groups excluding carboxylic acids is 1. The lowest BCUT2D eigenvalue weighted by Crippen LogP contribution is -2.24. The molecular weight excluding hydrogens is 200 g/mol. The summed E-state index contributed by atoms with van der Waals surface area (Å²) >= 11 is 0. The summed E-state index contributed by atoms with van der Waals surface area (Å²) in [4.78, 5) is 10.9. The number of ether oxygens (including phenoxy) is 2. The van der Waals surface area contributed by atoms with Gasteiger partial charge in [0.25, 0.3) is 0 Å². The summed E-state index contributed by atoms with van der Waals surface area (Å²) < 4.78 is 9.71. The van der Waals surface area contributed by atoms with E-state index in [2.05, 4.69) is 6.58 Å². The highest BCUT2D eigenvalue weighted by Gasteiger charge is 2.09. The molecular formula is C10H18O5. The Morgan fingerprint density at radius 3 is 2.67 bits per heavy atom. The monoisotopic (exact) mass is 218 g/mol. The Labute approximate surface area is 89.3 Å². The summed E-state index contributed by atoms with van der Waals surface area (Å²) in [5.74, 6) is -0.524. The zero-order valence-electron chi connectivity index (χ0n) is 8.94. The van der Waals surface area contributed by atoms with Gasteiger partial charge in [0.2, 0.25) is 0 Å². The zero-order valence-corrected chi connectivity index (χ0v) is 8.94.